The molecule has 2 N–H and O–H groups in total. The van der Waals surface area contributed by atoms with Crippen LogP contribution >= 0.6 is 0 Å². The first-order valence-corrected chi connectivity index (χ1v) is 12.0. The third kappa shape index (κ3) is 5.79. The molecular weight excluding hydrogens is 440 g/mol. The molecule has 0 saturated heterocycles. The van der Waals surface area contributed by atoms with Gasteiger partial charge in [-0.05, 0) is 30.5 Å². The lowest BCUT2D eigenvalue weighted by Gasteiger charge is -2.23. The Morgan fingerprint density at radius 1 is 1.03 bits per heavy atom. The molecule has 4 aromatic rings. The highest BCUT2D eigenvalue weighted by molar-refractivity contribution is 6.05. The fraction of sp³-hybridized carbons (Fsp3) is 0.321. The molecule has 7 nitrogen and oxygen atoms in total. The van der Waals surface area contributed by atoms with Crippen molar-refractivity contribution < 1.29 is 14.3 Å². The second kappa shape index (κ2) is 12.0. The third-order valence-electron chi connectivity index (χ3n) is 6.07. The maximum atomic E-state index is 7.84. The number of anilines is 1. The zero-order valence-electron chi connectivity index (χ0n) is 19.9. The Labute approximate surface area is 205 Å². The lowest BCUT2D eigenvalue weighted by molar-refractivity contribution is 0.304. The van der Waals surface area contributed by atoms with E-state index >= 15 is 0 Å². The van der Waals surface area contributed by atoms with Gasteiger partial charge in [-0.15, -0.1) is 0 Å². The SMILES string of the molecule is COc1ccc(-c2c(-c3ccccc3)oc3ncnc(NC4CCCCC4)c23)cc1.N#CCCO. The molecule has 180 valence electrons. The quantitative estimate of drug-likeness (QED) is 0.345. The zero-order valence-corrected chi connectivity index (χ0v) is 19.9. The monoisotopic (exact) mass is 470 g/mol. The van der Waals surface area contributed by atoms with Crippen molar-refractivity contribution in [3.63, 3.8) is 0 Å². The molecule has 2 aromatic heterocycles. The second-order valence-electron chi connectivity index (χ2n) is 8.41. The van der Waals surface area contributed by atoms with Crippen molar-refractivity contribution in [2.24, 2.45) is 0 Å². The van der Waals surface area contributed by atoms with E-state index in [-0.39, 0.29) is 13.0 Å². The normalized spacial score (nSPS) is 13.5. The summed E-state index contributed by atoms with van der Waals surface area (Å²) in [5.41, 5.74) is 3.69. The standard InChI is InChI=1S/C25H25N3O2.C3H5NO/c1-29-20-14-12-17(13-15-20)21-22-24(28-19-10-6-3-7-11-19)26-16-27-25(22)30-23(21)18-8-4-2-5-9-18;4-2-1-3-5/h2,4-5,8-9,12-16,19H,3,6-7,10-11H2,1H3,(H,26,27,28);5H,1,3H2. The van der Waals surface area contributed by atoms with Crippen LogP contribution in [0.15, 0.2) is 65.3 Å². The molecule has 2 heterocycles. The second-order valence-corrected chi connectivity index (χ2v) is 8.41. The molecule has 1 saturated carbocycles. The molecule has 0 aliphatic heterocycles. The van der Waals surface area contributed by atoms with E-state index in [1.165, 1.54) is 32.1 Å². The van der Waals surface area contributed by atoms with Crippen LogP contribution in [0, 0.1) is 11.3 Å². The Morgan fingerprint density at radius 2 is 1.77 bits per heavy atom. The summed E-state index contributed by atoms with van der Waals surface area (Å²) in [5, 5.41) is 20.1. The number of fused-ring (bicyclic) bond motifs is 1. The predicted molar refractivity (Wildman–Crippen MR) is 137 cm³/mol. The van der Waals surface area contributed by atoms with Crippen molar-refractivity contribution in [3.8, 4) is 34.3 Å². The number of hydrogen-bond donors (Lipinski definition) is 2. The zero-order chi connectivity index (χ0) is 24.5. The average Bonchev–Trinajstić information content (AvgIpc) is 3.31. The minimum absolute atomic E-state index is 0.0174. The van der Waals surface area contributed by atoms with Gasteiger partial charge in [0.1, 0.15) is 23.7 Å². The maximum Gasteiger partial charge on any atom is 0.232 e. The van der Waals surface area contributed by atoms with Gasteiger partial charge < -0.3 is 19.6 Å². The first kappa shape index (κ1) is 24.2. The molecule has 0 atom stereocenters. The number of nitrogens with one attached hydrogen (secondary N) is 1. The summed E-state index contributed by atoms with van der Waals surface area (Å²) in [6.07, 6.45) is 8.02. The topological polar surface area (TPSA) is 104 Å². The van der Waals surface area contributed by atoms with Crippen LogP contribution in [-0.2, 0) is 0 Å². The van der Waals surface area contributed by atoms with Crippen LogP contribution in [0.3, 0.4) is 0 Å². The highest BCUT2D eigenvalue weighted by atomic mass is 16.5. The molecule has 7 heteroatoms. The van der Waals surface area contributed by atoms with Crippen LogP contribution in [0.1, 0.15) is 38.5 Å². The number of methoxy groups -OCH3 is 1. The molecule has 0 spiro atoms. The summed E-state index contributed by atoms with van der Waals surface area (Å²) < 4.78 is 11.7. The number of ether oxygens (including phenoxy) is 1. The van der Waals surface area contributed by atoms with Crippen molar-refractivity contribution in [1.29, 1.82) is 5.26 Å². The summed E-state index contributed by atoms with van der Waals surface area (Å²) in [6, 6.07) is 20.5. The number of nitriles is 1. The molecule has 2 aromatic carbocycles. The van der Waals surface area contributed by atoms with Crippen LogP contribution in [0.2, 0.25) is 0 Å². The molecule has 0 radical (unpaired) electrons. The highest BCUT2D eigenvalue weighted by Gasteiger charge is 2.23. The van der Waals surface area contributed by atoms with E-state index in [9.17, 15) is 0 Å². The number of rotatable bonds is 6. The van der Waals surface area contributed by atoms with Crippen LogP contribution in [0.25, 0.3) is 33.6 Å². The van der Waals surface area contributed by atoms with Crippen LogP contribution in [0.4, 0.5) is 5.82 Å². The van der Waals surface area contributed by atoms with Gasteiger partial charge in [0.25, 0.3) is 0 Å². The molecule has 35 heavy (non-hydrogen) atoms. The fourth-order valence-corrected chi connectivity index (χ4v) is 4.36. The average molecular weight is 471 g/mol. The van der Waals surface area contributed by atoms with Gasteiger partial charge in [-0.25, -0.2) is 9.97 Å². The summed E-state index contributed by atoms with van der Waals surface area (Å²) in [4.78, 5) is 9.08. The van der Waals surface area contributed by atoms with E-state index in [4.69, 9.17) is 19.5 Å². The number of benzene rings is 2. The Kier molecular flexibility index (Phi) is 8.31. The number of nitrogens with zero attached hydrogens (tertiary/aromatic N) is 3. The van der Waals surface area contributed by atoms with E-state index in [0.717, 1.165) is 39.4 Å². The Hall–Kier alpha value is -3.89. The number of hydrogen-bond acceptors (Lipinski definition) is 7. The van der Waals surface area contributed by atoms with Crippen molar-refractivity contribution in [2.45, 2.75) is 44.6 Å². The minimum Gasteiger partial charge on any atom is -0.497 e. The summed E-state index contributed by atoms with van der Waals surface area (Å²) in [6.45, 7) is -0.0174. The summed E-state index contributed by atoms with van der Waals surface area (Å²) in [7, 11) is 1.68. The molecule has 0 bridgehead atoms. The molecule has 0 amide bonds. The molecule has 0 unspecified atom stereocenters. The molecule has 1 aliphatic carbocycles. The van der Waals surface area contributed by atoms with E-state index in [1.807, 2.05) is 30.3 Å². The van der Waals surface area contributed by atoms with Gasteiger partial charge in [0.15, 0.2) is 0 Å². The van der Waals surface area contributed by atoms with Crippen molar-refractivity contribution in [3.05, 3.63) is 60.9 Å². The molecule has 5 rings (SSSR count). The van der Waals surface area contributed by atoms with Gasteiger partial charge in [-0.2, -0.15) is 5.26 Å². The molecule has 1 aliphatic rings. The largest absolute Gasteiger partial charge is 0.497 e. The lowest BCUT2D eigenvalue weighted by atomic mass is 9.95. The summed E-state index contributed by atoms with van der Waals surface area (Å²) in [5.74, 6) is 2.48. The number of furan rings is 1. The van der Waals surface area contributed by atoms with E-state index < -0.39 is 0 Å². The van der Waals surface area contributed by atoms with Crippen LogP contribution < -0.4 is 10.1 Å². The number of aliphatic hydroxyl groups is 1. The number of aliphatic hydroxyl groups excluding tert-OH is 1. The predicted octanol–water partition coefficient (Wildman–Crippen LogP) is 6.20. The van der Waals surface area contributed by atoms with Crippen LogP contribution in [0.5, 0.6) is 5.75 Å². The summed E-state index contributed by atoms with van der Waals surface area (Å²) >= 11 is 0. The van der Waals surface area contributed by atoms with Crippen molar-refractivity contribution >= 4 is 16.9 Å². The fourth-order valence-electron chi connectivity index (χ4n) is 4.36. The van der Waals surface area contributed by atoms with Gasteiger partial charge in [-0.3, -0.25) is 0 Å². The highest BCUT2D eigenvalue weighted by Crippen LogP contribution is 2.43. The number of aromatic nitrogens is 2. The first-order chi connectivity index (χ1) is 17.2. The first-order valence-electron chi connectivity index (χ1n) is 12.0. The van der Waals surface area contributed by atoms with Crippen molar-refractivity contribution in [1.82, 2.24) is 9.97 Å². The minimum atomic E-state index is -0.0174. The van der Waals surface area contributed by atoms with E-state index in [0.29, 0.717) is 11.8 Å². The van der Waals surface area contributed by atoms with Gasteiger partial charge >= 0.3 is 0 Å². The van der Waals surface area contributed by atoms with Gasteiger partial charge in [0.2, 0.25) is 5.71 Å². The lowest BCUT2D eigenvalue weighted by Crippen LogP contribution is -2.23. The maximum absolute atomic E-state index is 7.84. The van der Waals surface area contributed by atoms with Gasteiger partial charge in [-0.1, -0.05) is 61.7 Å². The van der Waals surface area contributed by atoms with Gasteiger partial charge in [0.05, 0.1) is 31.6 Å². The van der Waals surface area contributed by atoms with Crippen molar-refractivity contribution in [2.75, 3.05) is 19.0 Å². The Morgan fingerprint density at radius 3 is 2.40 bits per heavy atom. The van der Waals surface area contributed by atoms with E-state index in [1.54, 1.807) is 19.5 Å². The van der Waals surface area contributed by atoms with Gasteiger partial charge in [0, 0.05) is 17.2 Å². The third-order valence-corrected chi connectivity index (χ3v) is 6.07. The Bertz CT molecular complexity index is 1260. The molecule has 1 fully saturated rings. The smallest absolute Gasteiger partial charge is 0.232 e. The Balaban J connectivity index is 0.000000527. The van der Waals surface area contributed by atoms with Crippen LogP contribution in [-0.4, -0.2) is 34.8 Å². The molecular formula is C28H30N4O3. The van der Waals surface area contributed by atoms with E-state index in [2.05, 4.69) is 39.6 Å².